The maximum Gasteiger partial charge on any atom is 0.340 e. The Balaban J connectivity index is 2.12. The van der Waals surface area contributed by atoms with Gasteiger partial charge in [0.2, 0.25) is 0 Å². The molecule has 88 valence electrons. The first-order valence-electron chi connectivity index (χ1n) is 5.22. The summed E-state index contributed by atoms with van der Waals surface area (Å²) in [5, 5.41) is 13.0. The van der Waals surface area contributed by atoms with E-state index < -0.39 is 5.97 Å². The summed E-state index contributed by atoms with van der Waals surface area (Å²) in [5.74, 6) is -0.903. The molecular weight excluding hydrogens is 226 g/mol. The second kappa shape index (κ2) is 4.39. The molecule has 1 aliphatic heterocycles. The summed E-state index contributed by atoms with van der Waals surface area (Å²) in [6, 6.07) is 0.336. The Bertz CT molecular complexity index is 405. The Kier molecular flexibility index (Phi) is 3.11. The lowest BCUT2D eigenvalue weighted by Gasteiger charge is -2.12. The van der Waals surface area contributed by atoms with Crippen LogP contribution >= 0.6 is 11.5 Å². The molecule has 1 fully saturated rings. The van der Waals surface area contributed by atoms with E-state index in [4.69, 9.17) is 5.11 Å². The summed E-state index contributed by atoms with van der Waals surface area (Å²) in [7, 11) is 2.07. The molecule has 0 aromatic carbocycles. The Morgan fingerprint density at radius 3 is 3.00 bits per heavy atom. The Labute approximate surface area is 98.2 Å². The molecule has 0 bridgehead atoms. The number of likely N-dealkylation sites (N-methyl/N-ethyl adjacent to an activating group) is 1. The maximum atomic E-state index is 11.1. The summed E-state index contributed by atoms with van der Waals surface area (Å²) >= 11 is 1.23. The molecule has 2 rings (SSSR count). The molecule has 2 heterocycles. The summed E-state index contributed by atoms with van der Waals surface area (Å²) in [4.78, 5) is 13.3. The van der Waals surface area contributed by atoms with Crippen molar-refractivity contribution in [2.45, 2.75) is 19.4 Å². The fourth-order valence-electron chi connectivity index (χ4n) is 1.96. The van der Waals surface area contributed by atoms with Crippen LogP contribution in [0.1, 0.15) is 22.5 Å². The number of carboxylic acids is 1. The molecule has 0 saturated carbocycles. The number of carboxylic acid groups (broad SMARTS) is 1. The van der Waals surface area contributed by atoms with Crippen molar-refractivity contribution >= 4 is 22.5 Å². The van der Waals surface area contributed by atoms with E-state index in [-0.39, 0.29) is 0 Å². The first-order chi connectivity index (χ1) is 7.58. The third-order valence-corrected chi connectivity index (χ3v) is 3.67. The second-order valence-electron chi connectivity index (χ2n) is 4.17. The second-order valence-corrected chi connectivity index (χ2v) is 4.94. The Morgan fingerprint density at radius 1 is 1.69 bits per heavy atom. The number of aromatic nitrogens is 1. The molecule has 5 nitrogen and oxygen atoms in total. The van der Waals surface area contributed by atoms with Gasteiger partial charge in [-0.25, -0.2) is 4.79 Å². The van der Waals surface area contributed by atoms with Crippen LogP contribution in [0.2, 0.25) is 0 Å². The van der Waals surface area contributed by atoms with Crippen molar-refractivity contribution in [1.29, 1.82) is 0 Å². The molecule has 1 saturated heterocycles. The Hall–Kier alpha value is -1.14. The van der Waals surface area contributed by atoms with Gasteiger partial charge in [0, 0.05) is 12.6 Å². The highest BCUT2D eigenvalue weighted by Gasteiger charge is 2.23. The minimum Gasteiger partial charge on any atom is -0.478 e. The van der Waals surface area contributed by atoms with Crippen molar-refractivity contribution in [3.05, 3.63) is 11.3 Å². The van der Waals surface area contributed by atoms with Crippen LogP contribution in [-0.2, 0) is 0 Å². The van der Waals surface area contributed by atoms with Gasteiger partial charge >= 0.3 is 5.97 Å². The van der Waals surface area contributed by atoms with Gasteiger partial charge in [-0.2, -0.15) is 4.37 Å². The maximum absolute atomic E-state index is 11.1. The molecule has 1 unspecified atom stereocenters. The van der Waals surface area contributed by atoms with Gasteiger partial charge in [-0.1, -0.05) is 0 Å². The highest BCUT2D eigenvalue weighted by molar-refractivity contribution is 7.10. The molecule has 2 N–H and O–H groups in total. The van der Waals surface area contributed by atoms with E-state index in [9.17, 15) is 4.79 Å². The zero-order chi connectivity index (χ0) is 11.7. The van der Waals surface area contributed by atoms with E-state index in [1.165, 1.54) is 11.5 Å². The van der Waals surface area contributed by atoms with Crippen LogP contribution in [0.15, 0.2) is 0 Å². The number of rotatable bonds is 3. The average Bonchev–Trinajstić information content (AvgIpc) is 2.74. The van der Waals surface area contributed by atoms with E-state index in [2.05, 4.69) is 21.6 Å². The van der Waals surface area contributed by atoms with Crippen LogP contribution in [-0.4, -0.2) is 46.5 Å². The molecule has 1 aromatic rings. The van der Waals surface area contributed by atoms with Crippen molar-refractivity contribution in [3.63, 3.8) is 0 Å². The third-order valence-electron chi connectivity index (χ3n) is 2.80. The zero-order valence-electron chi connectivity index (χ0n) is 9.36. The minimum atomic E-state index is -0.903. The predicted octanol–water partition coefficient (Wildman–Crippen LogP) is 1.27. The minimum absolute atomic E-state index is 0.319. The molecule has 1 aliphatic rings. The molecule has 1 atom stereocenters. The standard InChI is InChI=1S/C10H15N3O2S/c1-6-8(10(14)15)9(16-12-6)11-7-3-4-13(2)5-7/h7,11H,3-5H2,1-2H3,(H,14,15). The van der Waals surface area contributed by atoms with Gasteiger partial charge in [0.05, 0.1) is 5.69 Å². The fourth-order valence-corrected chi connectivity index (χ4v) is 2.82. The predicted molar refractivity (Wildman–Crippen MR) is 63.3 cm³/mol. The average molecular weight is 241 g/mol. The topological polar surface area (TPSA) is 65.5 Å². The van der Waals surface area contributed by atoms with Crippen LogP contribution in [0.25, 0.3) is 0 Å². The monoisotopic (exact) mass is 241 g/mol. The van der Waals surface area contributed by atoms with Gasteiger partial charge in [-0.05, 0) is 38.5 Å². The molecule has 0 amide bonds. The molecular formula is C10H15N3O2S. The normalized spacial score (nSPS) is 21.2. The molecule has 0 radical (unpaired) electrons. The van der Waals surface area contributed by atoms with E-state index in [1.54, 1.807) is 6.92 Å². The van der Waals surface area contributed by atoms with Crippen LogP contribution in [0.4, 0.5) is 5.00 Å². The smallest absolute Gasteiger partial charge is 0.340 e. The van der Waals surface area contributed by atoms with E-state index in [0.29, 0.717) is 22.3 Å². The zero-order valence-corrected chi connectivity index (χ0v) is 10.2. The summed E-state index contributed by atoms with van der Waals surface area (Å²) < 4.78 is 4.08. The SMILES string of the molecule is Cc1nsc(NC2CCN(C)C2)c1C(=O)O. The number of hydrogen-bond acceptors (Lipinski definition) is 5. The number of carbonyl (C=O) groups is 1. The van der Waals surface area contributed by atoms with Crippen molar-refractivity contribution in [1.82, 2.24) is 9.27 Å². The van der Waals surface area contributed by atoms with Crippen LogP contribution < -0.4 is 5.32 Å². The number of likely N-dealkylation sites (tertiary alicyclic amines) is 1. The molecule has 6 heteroatoms. The number of nitrogens with one attached hydrogen (secondary N) is 1. The summed E-state index contributed by atoms with van der Waals surface area (Å²) in [5.41, 5.74) is 0.908. The number of anilines is 1. The van der Waals surface area contributed by atoms with Gasteiger partial charge in [-0.3, -0.25) is 0 Å². The van der Waals surface area contributed by atoms with Crippen LogP contribution in [0.3, 0.4) is 0 Å². The summed E-state index contributed by atoms with van der Waals surface area (Å²) in [6.07, 6.45) is 1.05. The highest BCUT2D eigenvalue weighted by atomic mass is 32.1. The number of nitrogens with zero attached hydrogens (tertiary/aromatic N) is 2. The van der Waals surface area contributed by atoms with Crippen LogP contribution in [0, 0.1) is 6.92 Å². The largest absolute Gasteiger partial charge is 0.478 e. The Morgan fingerprint density at radius 2 is 2.44 bits per heavy atom. The van der Waals surface area contributed by atoms with Crippen molar-refractivity contribution in [3.8, 4) is 0 Å². The fraction of sp³-hybridized carbons (Fsp3) is 0.600. The molecule has 0 aliphatic carbocycles. The molecule has 1 aromatic heterocycles. The van der Waals surface area contributed by atoms with Crippen molar-refractivity contribution < 1.29 is 9.90 Å². The number of aryl methyl sites for hydroxylation is 1. The number of aromatic carboxylic acids is 1. The summed E-state index contributed by atoms with van der Waals surface area (Å²) in [6.45, 7) is 3.74. The van der Waals surface area contributed by atoms with Crippen molar-refractivity contribution in [2.24, 2.45) is 0 Å². The van der Waals surface area contributed by atoms with Gasteiger partial charge in [0.15, 0.2) is 0 Å². The lowest BCUT2D eigenvalue weighted by atomic mass is 10.2. The van der Waals surface area contributed by atoms with E-state index >= 15 is 0 Å². The van der Waals surface area contributed by atoms with Gasteiger partial charge in [-0.15, -0.1) is 0 Å². The first kappa shape index (κ1) is 11.3. The quantitative estimate of drug-likeness (QED) is 0.834. The lowest BCUT2D eigenvalue weighted by molar-refractivity contribution is 0.0697. The molecule has 16 heavy (non-hydrogen) atoms. The molecule has 0 spiro atoms. The van der Waals surface area contributed by atoms with Gasteiger partial charge < -0.3 is 15.3 Å². The van der Waals surface area contributed by atoms with Crippen LogP contribution in [0.5, 0.6) is 0 Å². The van der Waals surface area contributed by atoms with Gasteiger partial charge in [0.25, 0.3) is 0 Å². The first-order valence-corrected chi connectivity index (χ1v) is 6.00. The van der Waals surface area contributed by atoms with Gasteiger partial charge in [0.1, 0.15) is 10.6 Å². The van der Waals surface area contributed by atoms with E-state index in [1.807, 2.05) is 0 Å². The van der Waals surface area contributed by atoms with Crippen molar-refractivity contribution in [2.75, 3.05) is 25.5 Å². The lowest BCUT2D eigenvalue weighted by Crippen LogP contribution is -2.23. The highest BCUT2D eigenvalue weighted by Crippen LogP contribution is 2.26. The third kappa shape index (κ3) is 2.17. The van der Waals surface area contributed by atoms with E-state index in [0.717, 1.165) is 19.5 Å². The number of hydrogen-bond donors (Lipinski definition) is 2.